The lowest BCUT2D eigenvalue weighted by Crippen LogP contribution is -2.35. The normalized spacial score (nSPS) is 12.2. The van der Waals surface area contributed by atoms with E-state index in [1.807, 2.05) is 23.1 Å². The Hall–Kier alpha value is -1.81. The highest BCUT2D eigenvalue weighted by Crippen LogP contribution is 2.47. The molecule has 4 aromatic rings. The molecule has 0 saturated heterocycles. The molecule has 3 aromatic carbocycles. The molecule has 5 rings (SSSR count). The summed E-state index contributed by atoms with van der Waals surface area (Å²) in [6.07, 6.45) is 33.0. The van der Waals surface area contributed by atoms with E-state index in [0.717, 1.165) is 13.1 Å². The maximum Gasteiger partial charge on any atom is 0.265 e. The van der Waals surface area contributed by atoms with Crippen LogP contribution in [0, 0.1) is 0 Å². The zero-order chi connectivity index (χ0) is 45.6. The number of anilines is 1. The monoisotopic (exact) mass is 1020 g/mol. The molecular weight excluding hydrogens is 928 g/mol. The summed E-state index contributed by atoms with van der Waals surface area (Å²) in [5, 5.41) is 2.77. The molecule has 0 amide bonds. The molecule has 64 heavy (non-hydrogen) atoms. The number of benzene rings is 3. The smallest absolute Gasteiger partial charge is 0.265 e. The van der Waals surface area contributed by atoms with Gasteiger partial charge >= 0.3 is 0 Å². The summed E-state index contributed by atoms with van der Waals surface area (Å²) in [6, 6.07) is 28.4. The Labute approximate surface area is 422 Å². The number of para-hydroxylation sites is 2. The third kappa shape index (κ3) is 25.9. The van der Waals surface area contributed by atoms with Crippen LogP contribution in [0.4, 0.5) is 5.69 Å². The highest BCUT2D eigenvalue weighted by Gasteiger charge is 2.27. The van der Waals surface area contributed by atoms with Gasteiger partial charge in [0, 0.05) is 23.9 Å². The van der Waals surface area contributed by atoms with Crippen molar-refractivity contribution >= 4 is 81.8 Å². The van der Waals surface area contributed by atoms with Crippen LogP contribution in [0.15, 0.2) is 88.8 Å². The predicted molar refractivity (Wildman–Crippen MR) is 305 cm³/mol. The average Bonchev–Trinajstić information content (AvgIpc) is 3.85. The van der Waals surface area contributed by atoms with Crippen LogP contribution >= 0.6 is 47.1 Å². The number of unbranched alkanes of at least 4 members (excludes halogenated alkanes) is 15. The van der Waals surface area contributed by atoms with Gasteiger partial charge in [-0.05, 0) is 69.9 Å². The first-order valence-corrected chi connectivity index (χ1v) is 27.9. The summed E-state index contributed by atoms with van der Waals surface area (Å²) in [7, 11) is 2.33. The molecule has 1 aliphatic rings. The summed E-state index contributed by atoms with van der Waals surface area (Å²) in [6.45, 7) is 24.2. The van der Waals surface area contributed by atoms with E-state index in [2.05, 4.69) is 162 Å². The molecule has 0 aliphatic carbocycles. The van der Waals surface area contributed by atoms with Crippen molar-refractivity contribution in [3.8, 4) is 0 Å². The minimum atomic E-state index is 0. The van der Waals surface area contributed by atoms with Gasteiger partial charge in [0.25, 0.3) is 5.01 Å². The lowest BCUT2D eigenvalue weighted by Gasteiger charge is -2.21. The lowest BCUT2D eigenvalue weighted by molar-refractivity contribution is -0.669. The van der Waals surface area contributed by atoms with Crippen LogP contribution in [-0.2, 0) is 6.54 Å². The SMILES string of the molecule is CCCC.CCCCCCCN1C(=Cc2sc3ccccc3[n+]2CCCCCCC)Sc2ccccc21.CCCCCC[B]c1ccccc1.CCCCN(CCCC)CCCC.I. The molecule has 2 heterocycles. The van der Waals surface area contributed by atoms with Gasteiger partial charge in [0.15, 0.2) is 13.8 Å². The second kappa shape index (κ2) is 41.4. The van der Waals surface area contributed by atoms with Gasteiger partial charge in [-0.25, -0.2) is 0 Å². The van der Waals surface area contributed by atoms with E-state index in [-0.39, 0.29) is 24.0 Å². The van der Waals surface area contributed by atoms with Crippen LogP contribution in [0.25, 0.3) is 16.3 Å². The molecule has 0 saturated carbocycles. The molecule has 7 heteroatoms. The highest BCUT2D eigenvalue weighted by atomic mass is 127. The number of rotatable bonds is 29. The maximum atomic E-state index is 2.64. The number of hydrogen-bond acceptors (Lipinski definition) is 4. The summed E-state index contributed by atoms with van der Waals surface area (Å²) in [5.41, 5.74) is 4.13. The molecule has 0 bridgehead atoms. The van der Waals surface area contributed by atoms with Gasteiger partial charge in [-0.3, -0.25) is 0 Å². The topological polar surface area (TPSA) is 10.4 Å². The summed E-state index contributed by atoms with van der Waals surface area (Å²) in [4.78, 5) is 6.60. The van der Waals surface area contributed by atoms with Gasteiger partial charge in [-0.15, -0.1) is 24.0 Å². The molecule has 0 N–H and O–H groups in total. The van der Waals surface area contributed by atoms with Gasteiger partial charge in [-0.1, -0.05) is 248 Å². The van der Waals surface area contributed by atoms with Gasteiger partial charge in [0.2, 0.25) is 5.52 Å². The van der Waals surface area contributed by atoms with E-state index in [1.165, 1.54) is 204 Å². The summed E-state index contributed by atoms with van der Waals surface area (Å²) in [5.74, 6) is 0. The zero-order valence-corrected chi connectivity index (χ0v) is 46.5. The van der Waals surface area contributed by atoms with Gasteiger partial charge < -0.3 is 9.80 Å². The van der Waals surface area contributed by atoms with Crippen molar-refractivity contribution in [2.75, 3.05) is 31.1 Å². The number of thioether (sulfide) groups is 1. The van der Waals surface area contributed by atoms with Crippen molar-refractivity contribution in [1.29, 1.82) is 0 Å². The number of aryl methyl sites for hydroxylation is 1. The van der Waals surface area contributed by atoms with Crippen LogP contribution in [0.5, 0.6) is 0 Å². The molecule has 0 unspecified atom stereocenters. The number of hydrogen-bond donors (Lipinski definition) is 0. The van der Waals surface area contributed by atoms with E-state index in [1.54, 1.807) is 0 Å². The zero-order valence-electron chi connectivity index (χ0n) is 42.5. The van der Waals surface area contributed by atoms with Crippen molar-refractivity contribution in [1.82, 2.24) is 4.90 Å². The first-order chi connectivity index (χ1) is 31.0. The number of thiazole rings is 1. The first-order valence-electron chi connectivity index (χ1n) is 26.3. The highest BCUT2D eigenvalue weighted by molar-refractivity contribution is 14.0. The molecule has 3 nitrogen and oxygen atoms in total. The van der Waals surface area contributed by atoms with E-state index in [9.17, 15) is 0 Å². The number of nitrogens with zero attached hydrogens (tertiary/aromatic N) is 3. The van der Waals surface area contributed by atoms with Crippen molar-refractivity contribution in [2.24, 2.45) is 0 Å². The second-order valence-electron chi connectivity index (χ2n) is 17.5. The first kappa shape index (κ1) is 60.2. The van der Waals surface area contributed by atoms with Crippen LogP contribution < -0.4 is 14.9 Å². The Bertz CT molecular complexity index is 1660. The fraction of sp³-hybridized carbons (Fsp3) is 0.632. The van der Waals surface area contributed by atoms with Crippen molar-refractivity contribution in [2.45, 2.75) is 214 Å². The Morgan fingerprint density at radius 1 is 0.531 bits per heavy atom. The molecule has 359 valence electrons. The Balaban J connectivity index is 0.000000544. The van der Waals surface area contributed by atoms with E-state index in [4.69, 9.17) is 0 Å². The fourth-order valence-electron chi connectivity index (χ4n) is 7.54. The standard InChI is InChI=1S/C29H39N2S2.C12H18B.C12H27N.C4H10.HI/c1-3-5-7-9-15-21-30-24-17-11-13-19-26(24)32-28(30)23-29-31(22-16-10-8-6-4-2)25-18-12-14-20-27(25)33-29;1-2-3-4-8-11-13-12-9-6-5-7-10-12;1-4-7-10-13(11-8-5-2)12-9-6-3;1-3-4-2;/h11-14,17-20,23H,3-10,15-16,21-22H2,1-2H3;5-7,9-10H,2-4,8,11H2,1H3;4-12H2,1-3H3;3-4H2,1-2H3;1H/q+1;;;;. The third-order valence-corrected chi connectivity index (χ3v) is 13.9. The molecular formula is C57H95BIN3S2+. The summed E-state index contributed by atoms with van der Waals surface area (Å²) >= 11 is 3.88. The molecule has 0 fully saturated rings. The number of halogens is 1. The van der Waals surface area contributed by atoms with Gasteiger partial charge in [-0.2, -0.15) is 4.57 Å². The molecule has 1 aromatic heterocycles. The average molecular weight is 1020 g/mol. The largest absolute Gasteiger partial charge is 0.335 e. The third-order valence-electron chi connectivity index (χ3n) is 11.7. The molecule has 0 atom stereocenters. The Morgan fingerprint density at radius 2 is 1.05 bits per heavy atom. The lowest BCUT2D eigenvalue weighted by atomic mass is 9.66. The molecule has 0 spiro atoms. The van der Waals surface area contributed by atoms with Crippen molar-refractivity contribution in [3.63, 3.8) is 0 Å². The van der Waals surface area contributed by atoms with Crippen LogP contribution in [-0.4, -0.2) is 38.4 Å². The predicted octanol–water partition coefficient (Wildman–Crippen LogP) is 18.2. The minimum absolute atomic E-state index is 0. The van der Waals surface area contributed by atoms with Crippen molar-refractivity contribution < 1.29 is 4.57 Å². The van der Waals surface area contributed by atoms with Crippen LogP contribution in [0.3, 0.4) is 0 Å². The van der Waals surface area contributed by atoms with Gasteiger partial charge in [0.1, 0.15) is 4.70 Å². The van der Waals surface area contributed by atoms with Crippen LogP contribution in [0.2, 0.25) is 6.32 Å². The minimum Gasteiger partial charge on any atom is -0.335 e. The number of aromatic nitrogens is 1. The quantitative estimate of drug-likeness (QED) is 0.0232. The molecule has 1 aliphatic heterocycles. The fourth-order valence-corrected chi connectivity index (χ4v) is 9.87. The molecule has 1 radical (unpaired) electrons. The van der Waals surface area contributed by atoms with E-state index < -0.39 is 0 Å². The summed E-state index contributed by atoms with van der Waals surface area (Å²) < 4.78 is 3.96. The van der Waals surface area contributed by atoms with E-state index in [0.29, 0.717) is 0 Å². The Kier molecular flexibility index (Phi) is 38.9. The number of fused-ring (bicyclic) bond motifs is 2. The van der Waals surface area contributed by atoms with Crippen molar-refractivity contribution in [3.05, 3.63) is 88.9 Å². The van der Waals surface area contributed by atoms with E-state index >= 15 is 0 Å². The second-order valence-corrected chi connectivity index (χ2v) is 19.6. The maximum absolute atomic E-state index is 2.64. The van der Waals surface area contributed by atoms with Gasteiger partial charge in [0.05, 0.1) is 16.8 Å². The van der Waals surface area contributed by atoms with Crippen LogP contribution in [0.1, 0.15) is 202 Å². The Morgan fingerprint density at radius 3 is 1.64 bits per heavy atom.